The molecule has 0 unspecified atom stereocenters. The largest absolute Gasteiger partial charge is 0.368 e. The molecule has 1 fully saturated rings. The number of piperazine rings is 1. The maximum absolute atomic E-state index is 12.6. The van der Waals surface area contributed by atoms with Crippen molar-refractivity contribution in [2.75, 3.05) is 36.4 Å². The van der Waals surface area contributed by atoms with E-state index in [1.807, 2.05) is 66.5 Å². The molecule has 1 saturated heterocycles. The molecule has 0 spiro atoms. The van der Waals surface area contributed by atoms with Gasteiger partial charge < -0.3 is 9.80 Å². The normalized spacial score (nSPS) is 14.3. The Morgan fingerprint density at radius 1 is 0.926 bits per heavy atom. The van der Waals surface area contributed by atoms with Gasteiger partial charge in [-0.15, -0.1) is 0 Å². The molecule has 2 aromatic carbocycles. The SMILES string of the molecule is Cn1nc(NC(=O)N2CCN(c3ccccc3)CC2)cc1-c1ccccc1. The fraction of sp³-hybridized carbons (Fsp3) is 0.238. The zero-order valence-corrected chi connectivity index (χ0v) is 15.4. The van der Waals surface area contributed by atoms with Crippen LogP contribution in [0.5, 0.6) is 0 Å². The van der Waals surface area contributed by atoms with E-state index in [4.69, 9.17) is 0 Å². The highest BCUT2D eigenvalue weighted by Crippen LogP contribution is 2.22. The fourth-order valence-electron chi connectivity index (χ4n) is 3.40. The molecular formula is C21H23N5O. The van der Waals surface area contributed by atoms with Crippen molar-refractivity contribution in [3.8, 4) is 11.3 Å². The number of benzene rings is 2. The van der Waals surface area contributed by atoms with Gasteiger partial charge in [0.2, 0.25) is 0 Å². The number of amides is 2. The Hall–Kier alpha value is -3.28. The summed E-state index contributed by atoms with van der Waals surface area (Å²) in [5, 5.41) is 7.37. The Morgan fingerprint density at radius 2 is 1.56 bits per heavy atom. The van der Waals surface area contributed by atoms with Crippen molar-refractivity contribution in [2.24, 2.45) is 7.05 Å². The molecule has 4 rings (SSSR count). The second kappa shape index (κ2) is 7.53. The maximum atomic E-state index is 12.6. The summed E-state index contributed by atoms with van der Waals surface area (Å²) in [6.07, 6.45) is 0. The number of hydrogen-bond donors (Lipinski definition) is 1. The number of carbonyl (C=O) groups excluding carboxylic acids is 1. The number of nitrogens with zero attached hydrogens (tertiary/aromatic N) is 4. The minimum absolute atomic E-state index is 0.0968. The minimum Gasteiger partial charge on any atom is -0.368 e. The van der Waals surface area contributed by atoms with Gasteiger partial charge in [0.15, 0.2) is 5.82 Å². The van der Waals surface area contributed by atoms with Crippen molar-refractivity contribution in [1.82, 2.24) is 14.7 Å². The highest BCUT2D eigenvalue weighted by Gasteiger charge is 2.22. The molecule has 0 atom stereocenters. The van der Waals surface area contributed by atoms with Gasteiger partial charge in [-0.25, -0.2) is 4.79 Å². The predicted molar refractivity (Wildman–Crippen MR) is 108 cm³/mol. The molecule has 1 aliphatic rings. The van der Waals surface area contributed by atoms with E-state index >= 15 is 0 Å². The van der Waals surface area contributed by atoms with Gasteiger partial charge in [0.05, 0.1) is 5.69 Å². The van der Waals surface area contributed by atoms with Crippen LogP contribution in [0.4, 0.5) is 16.3 Å². The second-order valence-electron chi connectivity index (χ2n) is 6.64. The Kier molecular flexibility index (Phi) is 4.78. The van der Waals surface area contributed by atoms with Crippen molar-refractivity contribution in [3.05, 3.63) is 66.7 Å². The summed E-state index contributed by atoms with van der Waals surface area (Å²) in [6.45, 7) is 3.04. The van der Waals surface area contributed by atoms with Crippen LogP contribution < -0.4 is 10.2 Å². The van der Waals surface area contributed by atoms with Crippen molar-refractivity contribution >= 4 is 17.5 Å². The molecule has 2 heterocycles. The van der Waals surface area contributed by atoms with Crippen LogP contribution in [0.15, 0.2) is 66.7 Å². The third-order valence-corrected chi connectivity index (χ3v) is 4.87. The molecule has 0 saturated carbocycles. The van der Waals surface area contributed by atoms with Crippen LogP contribution in [-0.4, -0.2) is 46.9 Å². The average molecular weight is 361 g/mol. The van der Waals surface area contributed by atoms with Crippen LogP contribution >= 0.6 is 0 Å². The first-order chi connectivity index (χ1) is 13.2. The fourth-order valence-corrected chi connectivity index (χ4v) is 3.40. The topological polar surface area (TPSA) is 53.4 Å². The van der Waals surface area contributed by atoms with E-state index in [-0.39, 0.29) is 6.03 Å². The van der Waals surface area contributed by atoms with E-state index in [2.05, 4.69) is 27.4 Å². The third kappa shape index (κ3) is 3.79. The van der Waals surface area contributed by atoms with Gasteiger partial charge in [-0.3, -0.25) is 10.00 Å². The quantitative estimate of drug-likeness (QED) is 0.777. The first kappa shape index (κ1) is 17.1. The lowest BCUT2D eigenvalue weighted by atomic mass is 10.1. The number of hydrogen-bond acceptors (Lipinski definition) is 3. The molecule has 138 valence electrons. The maximum Gasteiger partial charge on any atom is 0.323 e. The zero-order chi connectivity index (χ0) is 18.6. The van der Waals surface area contributed by atoms with E-state index in [1.54, 1.807) is 4.68 Å². The summed E-state index contributed by atoms with van der Waals surface area (Å²) < 4.78 is 1.79. The van der Waals surface area contributed by atoms with Crippen molar-refractivity contribution < 1.29 is 4.79 Å². The van der Waals surface area contributed by atoms with E-state index in [0.717, 1.165) is 24.3 Å². The lowest BCUT2D eigenvalue weighted by molar-refractivity contribution is 0.208. The smallest absolute Gasteiger partial charge is 0.323 e. The molecule has 27 heavy (non-hydrogen) atoms. The van der Waals surface area contributed by atoms with Crippen LogP contribution in [0.1, 0.15) is 0 Å². The molecule has 6 nitrogen and oxygen atoms in total. The standard InChI is InChI=1S/C21H23N5O/c1-24-19(17-8-4-2-5-9-17)16-20(23-24)22-21(27)26-14-12-25(13-15-26)18-10-6-3-7-11-18/h2-11,16H,12-15H2,1H3,(H,22,23,27). The van der Waals surface area contributed by atoms with Crippen LogP contribution in [0.2, 0.25) is 0 Å². The first-order valence-electron chi connectivity index (χ1n) is 9.16. The minimum atomic E-state index is -0.0968. The van der Waals surface area contributed by atoms with Gasteiger partial charge in [-0.2, -0.15) is 5.10 Å². The zero-order valence-electron chi connectivity index (χ0n) is 15.4. The molecule has 1 aliphatic heterocycles. The van der Waals surface area contributed by atoms with Gasteiger partial charge in [0.25, 0.3) is 0 Å². The van der Waals surface area contributed by atoms with Gasteiger partial charge in [-0.1, -0.05) is 48.5 Å². The van der Waals surface area contributed by atoms with Gasteiger partial charge in [0, 0.05) is 45.0 Å². The number of anilines is 2. The molecule has 6 heteroatoms. The third-order valence-electron chi connectivity index (χ3n) is 4.87. The number of rotatable bonds is 3. The lowest BCUT2D eigenvalue weighted by Gasteiger charge is -2.35. The molecule has 3 aromatic rings. The summed E-state index contributed by atoms with van der Waals surface area (Å²) in [6, 6.07) is 22.2. The monoisotopic (exact) mass is 361 g/mol. The highest BCUT2D eigenvalue weighted by molar-refractivity contribution is 5.89. The Balaban J connectivity index is 1.38. The van der Waals surface area contributed by atoms with E-state index in [9.17, 15) is 4.79 Å². The number of urea groups is 1. The summed E-state index contributed by atoms with van der Waals surface area (Å²) in [5.41, 5.74) is 3.25. The number of para-hydroxylation sites is 1. The van der Waals surface area contributed by atoms with Gasteiger partial charge in [0.1, 0.15) is 0 Å². The molecule has 2 amide bonds. The van der Waals surface area contributed by atoms with E-state index in [1.165, 1.54) is 5.69 Å². The highest BCUT2D eigenvalue weighted by atomic mass is 16.2. The van der Waals surface area contributed by atoms with Crippen LogP contribution in [0.3, 0.4) is 0 Å². The molecule has 1 N–H and O–H groups in total. The van der Waals surface area contributed by atoms with Gasteiger partial charge >= 0.3 is 6.03 Å². The molecule has 0 aliphatic carbocycles. The molecule has 0 radical (unpaired) electrons. The van der Waals surface area contributed by atoms with E-state index < -0.39 is 0 Å². The summed E-state index contributed by atoms with van der Waals surface area (Å²) in [4.78, 5) is 16.8. The lowest BCUT2D eigenvalue weighted by Crippen LogP contribution is -2.50. The second-order valence-corrected chi connectivity index (χ2v) is 6.64. The number of carbonyl (C=O) groups is 1. The number of aromatic nitrogens is 2. The van der Waals surface area contributed by atoms with E-state index in [0.29, 0.717) is 18.9 Å². The van der Waals surface area contributed by atoms with Crippen molar-refractivity contribution in [3.63, 3.8) is 0 Å². The van der Waals surface area contributed by atoms with Crippen LogP contribution in [-0.2, 0) is 7.05 Å². The summed E-state index contributed by atoms with van der Waals surface area (Å²) in [7, 11) is 1.89. The van der Waals surface area contributed by atoms with Crippen molar-refractivity contribution in [1.29, 1.82) is 0 Å². The Bertz CT molecular complexity index is 899. The van der Waals surface area contributed by atoms with Crippen molar-refractivity contribution in [2.45, 2.75) is 0 Å². The average Bonchev–Trinajstić information content (AvgIpc) is 3.09. The first-order valence-corrected chi connectivity index (χ1v) is 9.16. The number of nitrogens with one attached hydrogen (secondary N) is 1. The predicted octanol–water partition coefficient (Wildman–Crippen LogP) is 3.44. The Labute approximate surface area is 159 Å². The number of aryl methyl sites for hydroxylation is 1. The summed E-state index contributed by atoms with van der Waals surface area (Å²) in [5.74, 6) is 0.576. The molecule has 1 aromatic heterocycles. The Morgan fingerprint density at radius 3 is 2.22 bits per heavy atom. The van der Waals surface area contributed by atoms with Crippen LogP contribution in [0.25, 0.3) is 11.3 Å². The molecular weight excluding hydrogens is 338 g/mol. The summed E-state index contributed by atoms with van der Waals surface area (Å²) >= 11 is 0. The van der Waals surface area contributed by atoms with Crippen LogP contribution in [0, 0.1) is 0 Å². The molecule has 0 bridgehead atoms. The van der Waals surface area contributed by atoms with Gasteiger partial charge in [-0.05, 0) is 17.7 Å².